The number of nitrogens with zero attached hydrogens (tertiary/aromatic N) is 2. The molecule has 0 spiro atoms. The molecule has 1 aromatic heterocycles. The number of hydrogen-bond acceptors (Lipinski definition) is 6. The highest BCUT2D eigenvalue weighted by Crippen LogP contribution is 2.26. The van der Waals surface area contributed by atoms with Gasteiger partial charge in [0.25, 0.3) is 5.56 Å². The number of amides is 1. The first-order valence-electron chi connectivity index (χ1n) is 9.85. The van der Waals surface area contributed by atoms with Crippen LogP contribution in [-0.4, -0.2) is 34.3 Å². The highest BCUT2D eigenvalue weighted by molar-refractivity contribution is 7.99. The summed E-state index contributed by atoms with van der Waals surface area (Å²) < 4.78 is 6.12. The Morgan fingerprint density at radius 3 is 2.61 bits per heavy atom. The molecular formula is C24H18ClN3O4S. The van der Waals surface area contributed by atoms with Crippen molar-refractivity contribution in [2.24, 2.45) is 0 Å². The Labute approximate surface area is 198 Å². The van der Waals surface area contributed by atoms with Crippen LogP contribution in [0.1, 0.15) is 10.4 Å². The number of para-hydroxylation sites is 2. The van der Waals surface area contributed by atoms with E-state index in [4.69, 9.17) is 16.3 Å². The van der Waals surface area contributed by atoms with Crippen LogP contribution >= 0.6 is 23.4 Å². The SMILES string of the molecule is COC(=O)c1cccc(NC(=O)CSc2nc3ccccc3c(=O)n2-c2ccccc2Cl)c1. The van der Waals surface area contributed by atoms with Crippen molar-refractivity contribution in [3.8, 4) is 5.69 Å². The molecule has 1 N–H and O–H groups in total. The maximum Gasteiger partial charge on any atom is 0.337 e. The average molecular weight is 480 g/mol. The number of methoxy groups -OCH3 is 1. The molecule has 4 rings (SSSR count). The van der Waals surface area contributed by atoms with Gasteiger partial charge in [0.15, 0.2) is 5.16 Å². The number of ether oxygens (including phenoxy) is 1. The van der Waals surface area contributed by atoms with Crippen LogP contribution in [0.25, 0.3) is 16.6 Å². The Morgan fingerprint density at radius 1 is 1.06 bits per heavy atom. The number of anilines is 1. The van der Waals surface area contributed by atoms with Crippen LogP contribution in [0.2, 0.25) is 5.02 Å². The molecule has 7 nitrogen and oxygen atoms in total. The predicted octanol–water partition coefficient (Wildman–Crippen LogP) is 4.56. The minimum absolute atomic E-state index is 0.0162. The van der Waals surface area contributed by atoms with Gasteiger partial charge in [0.05, 0.1) is 40.0 Å². The lowest BCUT2D eigenvalue weighted by atomic mass is 10.2. The predicted molar refractivity (Wildman–Crippen MR) is 129 cm³/mol. The lowest BCUT2D eigenvalue weighted by Gasteiger charge is -2.14. The third-order valence-corrected chi connectivity index (χ3v) is 6.00. The summed E-state index contributed by atoms with van der Waals surface area (Å²) in [5.41, 5.74) is 1.52. The van der Waals surface area contributed by atoms with Gasteiger partial charge in [0, 0.05) is 5.69 Å². The van der Waals surface area contributed by atoms with Crippen molar-refractivity contribution >= 4 is 51.8 Å². The van der Waals surface area contributed by atoms with Gasteiger partial charge in [-0.1, -0.05) is 53.7 Å². The lowest BCUT2D eigenvalue weighted by Crippen LogP contribution is -2.23. The molecule has 0 saturated heterocycles. The number of thioether (sulfide) groups is 1. The van der Waals surface area contributed by atoms with E-state index in [2.05, 4.69) is 10.3 Å². The minimum atomic E-state index is -0.496. The zero-order valence-corrected chi connectivity index (χ0v) is 19.0. The van der Waals surface area contributed by atoms with E-state index in [-0.39, 0.29) is 17.2 Å². The molecule has 9 heteroatoms. The fourth-order valence-electron chi connectivity index (χ4n) is 3.22. The molecule has 0 aliphatic heterocycles. The molecule has 1 amide bonds. The third-order valence-electron chi connectivity index (χ3n) is 4.74. The van der Waals surface area contributed by atoms with Crippen LogP contribution in [-0.2, 0) is 9.53 Å². The quantitative estimate of drug-likeness (QED) is 0.248. The summed E-state index contributed by atoms with van der Waals surface area (Å²) in [4.78, 5) is 42.2. The zero-order chi connectivity index (χ0) is 23.4. The maximum atomic E-state index is 13.3. The zero-order valence-electron chi connectivity index (χ0n) is 17.4. The van der Waals surface area contributed by atoms with Crippen LogP contribution in [0.3, 0.4) is 0 Å². The molecule has 0 atom stereocenters. The van der Waals surface area contributed by atoms with Gasteiger partial charge in [-0.3, -0.25) is 14.2 Å². The number of hydrogen-bond donors (Lipinski definition) is 1. The van der Waals surface area contributed by atoms with Gasteiger partial charge < -0.3 is 10.1 Å². The van der Waals surface area contributed by atoms with E-state index in [1.165, 1.54) is 17.7 Å². The van der Waals surface area contributed by atoms with Crippen LogP contribution in [0.4, 0.5) is 5.69 Å². The Bertz CT molecular complexity index is 1420. The van der Waals surface area contributed by atoms with E-state index in [0.29, 0.717) is 38.0 Å². The van der Waals surface area contributed by atoms with Gasteiger partial charge in [-0.25, -0.2) is 9.78 Å². The number of aromatic nitrogens is 2. The van der Waals surface area contributed by atoms with Gasteiger partial charge >= 0.3 is 5.97 Å². The van der Waals surface area contributed by atoms with Crippen molar-refractivity contribution in [2.75, 3.05) is 18.2 Å². The fourth-order valence-corrected chi connectivity index (χ4v) is 4.25. The van der Waals surface area contributed by atoms with Gasteiger partial charge in [-0.05, 0) is 42.5 Å². The summed E-state index contributed by atoms with van der Waals surface area (Å²) in [6.45, 7) is 0. The number of carbonyl (C=O) groups is 2. The van der Waals surface area contributed by atoms with E-state index >= 15 is 0 Å². The fraction of sp³-hybridized carbons (Fsp3) is 0.0833. The second-order valence-electron chi connectivity index (χ2n) is 6.91. The topological polar surface area (TPSA) is 90.3 Å². The normalized spacial score (nSPS) is 10.7. The van der Waals surface area contributed by atoms with Crippen molar-refractivity contribution in [3.63, 3.8) is 0 Å². The van der Waals surface area contributed by atoms with Crippen molar-refractivity contribution in [2.45, 2.75) is 5.16 Å². The van der Waals surface area contributed by atoms with Crippen molar-refractivity contribution in [3.05, 3.63) is 93.7 Å². The monoisotopic (exact) mass is 479 g/mol. The smallest absolute Gasteiger partial charge is 0.337 e. The van der Waals surface area contributed by atoms with Gasteiger partial charge in [0.2, 0.25) is 5.91 Å². The molecule has 166 valence electrons. The van der Waals surface area contributed by atoms with E-state index in [0.717, 1.165) is 11.8 Å². The van der Waals surface area contributed by atoms with Crippen molar-refractivity contribution in [1.29, 1.82) is 0 Å². The number of carbonyl (C=O) groups excluding carboxylic acids is 2. The first-order valence-corrected chi connectivity index (χ1v) is 11.2. The van der Waals surface area contributed by atoms with Crippen LogP contribution < -0.4 is 10.9 Å². The first-order chi connectivity index (χ1) is 16.0. The number of nitrogens with one attached hydrogen (secondary N) is 1. The number of esters is 1. The molecule has 0 radical (unpaired) electrons. The Balaban J connectivity index is 1.63. The molecule has 0 bridgehead atoms. The van der Waals surface area contributed by atoms with E-state index in [9.17, 15) is 14.4 Å². The standard InChI is InChI=1S/C24H18ClN3O4S/c1-32-23(31)15-7-6-8-16(13-15)26-21(29)14-33-24-27-19-11-4-2-9-17(19)22(30)28(24)20-12-5-3-10-18(20)25/h2-13H,14H2,1H3,(H,26,29). The highest BCUT2D eigenvalue weighted by Gasteiger charge is 2.17. The van der Waals surface area contributed by atoms with Crippen LogP contribution in [0, 0.1) is 0 Å². The van der Waals surface area contributed by atoms with E-state index < -0.39 is 5.97 Å². The van der Waals surface area contributed by atoms with Gasteiger partial charge in [0.1, 0.15) is 0 Å². The highest BCUT2D eigenvalue weighted by atomic mass is 35.5. The molecule has 0 unspecified atom stereocenters. The molecule has 3 aromatic carbocycles. The summed E-state index contributed by atoms with van der Waals surface area (Å²) in [6.07, 6.45) is 0. The number of halogens is 1. The summed E-state index contributed by atoms with van der Waals surface area (Å²) in [7, 11) is 1.29. The second-order valence-corrected chi connectivity index (χ2v) is 8.26. The Morgan fingerprint density at radius 2 is 1.82 bits per heavy atom. The molecule has 33 heavy (non-hydrogen) atoms. The van der Waals surface area contributed by atoms with Gasteiger partial charge in [-0.2, -0.15) is 0 Å². The molecule has 1 heterocycles. The van der Waals surface area contributed by atoms with E-state index in [1.54, 1.807) is 66.7 Å². The molecule has 0 aliphatic carbocycles. The number of fused-ring (bicyclic) bond motifs is 1. The summed E-state index contributed by atoms with van der Waals surface area (Å²) in [6, 6.07) is 20.4. The van der Waals surface area contributed by atoms with Crippen molar-refractivity contribution < 1.29 is 14.3 Å². The van der Waals surface area contributed by atoms with Crippen LogP contribution in [0.15, 0.2) is 82.7 Å². The lowest BCUT2D eigenvalue weighted by molar-refractivity contribution is -0.113. The molecule has 0 fully saturated rings. The molecule has 0 aliphatic rings. The minimum Gasteiger partial charge on any atom is -0.465 e. The number of benzene rings is 3. The number of rotatable bonds is 6. The second kappa shape index (κ2) is 9.89. The Kier molecular flexibility index (Phi) is 6.76. The summed E-state index contributed by atoms with van der Waals surface area (Å²) >= 11 is 7.47. The van der Waals surface area contributed by atoms with Crippen LogP contribution in [0.5, 0.6) is 0 Å². The third kappa shape index (κ3) is 4.92. The summed E-state index contributed by atoms with van der Waals surface area (Å²) in [5, 5.41) is 3.92. The molecule has 0 saturated carbocycles. The Hall–Kier alpha value is -3.62. The summed E-state index contributed by atoms with van der Waals surface area (Å²) in [5.74, 6) is -0.836. The first kappa shape index (κ1) is 22.6. The molecular weight excluding hydrogens is 462 g/mol. The van der Waals surface area contributed by atoms with E-state index in [1.807, 2.05) is 0 Å². The average Bonchev–Trinajstić information content (AvgIpc) is 2.83. The van der Waals surface area contributed by atoms with Crippen molar-refractivity contribution in [1.82, 2.24) is 9.55 Å². The maximum absolute atomic E-state index is 13.3. The van der Waals surface area contributed by atoms with Gasteiger partial charge in [-0.15, -0.1) is 0 Å². The molecule has 4 aromatic rings. The largest absolute Gasteiger partial charge is 0.465 e.